The molecule has 0 bridgehead atoms. The van der Waals surface area contributed by atoms with E-state index in [0.717, 1.165) is 0 Å². The van der Waals surface area contributed by atoms with Crippen LogP contribution in [0, 0.1) is 5.92 Å². The molecule has 2 aromatic rings. The van der Waals surface area contributed by atoms with Gasteiger partial charge in [0.05, 0.1) is 16.8 Å². The first-order valence-corrected chi connectivity index (χ1v) is 8.76. The Hall–Kier alpha value is -2.14. The minimum absolute atomic E-state index is 0.0313. The second kappa shape index (κ2) is 8.11. The molecule has 0 aliphatic heterocycles. The molecule has 2 rings (SSSR count). The predicted octanol–water partition coefficient (Wildman–Crippen LogP) is 4.50. The van der Waals surface area contributed by atoms with E-state index in [1.54, 1.807) is 30.3 Å². The molecule has 0 radical (unpaired) electrons. The van der Waals surface area contributed by atoms with Crippen LogP contribution in [-0.4, -0.2) is 27.9 Å². The minimum atomic E-state index is -0.350. The number of ketones is 1. The molecule has 0 amide bonds. The first-order valence-electron chi connectivity index (χ1n) is 7.88. The van der Waals surface area contributed by atoms with Crippen molar-refractivity contribution in [2.24, 2.45) is 5.92 Å². The number of ether oxygens (including phenoxy) is 1. The Kier molecular flexibility index (Phi) is 6.15. The van der Waals surface area contributed by atoms with Crippen LogP contribution in [0.25, 0.3) is 0 Å². The van der Waals surface area contributed by atoms with E-state index in [4.69, 9.17) is 4.74 Å². The average molecular weight is 346 g/mol. The van der Waals surface area contributed by atoms with Gasteiger partial charge in [-0.05, 0) is 55.3 Å². The summed E-state index contributed by atoms with van der Waals surface area (Å²) in [5.74, 6) is 0.968. The summed E-state index contributed by atoms with van der Waals surface area (Å²) in [6.45, 7) is 6.37. The number of benzene rings is 2. The predicted molar refractivity (Wildman–Crippen MR) is 96.2 cm³/mol. The van der Waals surface area contributed by atoms with Crippen LogP contribution in [0.4, 0.5) is 0 Å². The highest BCUT2D eigenvalue weighted by atomic mass is 32.2. The molecule has 0 aliphatic carbocycles. The van der Waals surface area contributed by atoms with Crippen LogP contribution < -0.4 is 4.74 Å². The van der Waals surface area contributed by atoms with Crippen LogP contribution in [0.15, 0.2) is 47.4 Å². The zero-order chi connectivity index (χ0) is 17.7. The third-order valence-corrected chi connectivity index (χ3v) is 5.11. The molecular weight excluding hydrogens is 324 g/mol. The van der Waals surface area contributed by atoms with E-state index in [1.165, 1.54) is 23.9 Å². The lowest BCUT2D eigenvalue weighted by Gasteiger charge is -2.20. The number of carbonyl (C=O) groups is 1. The molecule has 0 aromatic heterocycles. The fourth-order valence-corrected chi connectivity index (χ4v) is 3.43. The van der Waals surface area contributed by atoms with Gasteiger partial charge in [-0.1, -0.05) is 13.8 Å². The summed E-state index contributed by atoms with van der Waals surface area (Å²) in [5.41, 5.74) is 0.541. The Morgan fingerprint density at radius 2 is 1.79 bits per heavy atom. The van der Waals surface area contributed by atoms with E-state index < -0.39 is 0 Å². The van der Waals surface area contributed by atoms with Crippen molar-refractivity contribution in [1.82, 2.24) is 0 Å². The summed E-state index contributed by atoms with van der Waals surface area (Å²) >= 11 is 1.33. The van der Waals surface area contributed by atoms with Crippen molar-refractivity contribution < 1.29 is 19.7 Å². The van der Waals surface area contributed by atoms with Crippen LogP contribution >= 0.6 is 11.8 Å². The van der Waals surface area contributed by atoms with Crippen LogP contribution in [-0.2, 0) is 0 Å². The molecule has 1 unspecified atom stereocenters. The Bertz CT molecular complexity index is 695. The minimum Gasteiger partial charge on any atom is -0.508 e. The molecule has 0 saturated carbocycles. The van der Waals surface area contributed by atoms with Crippen LogP contribution in [0.3, 0.4) is 0 Å². The second-order valence-electron chi connectivity index (χ2n) is 5.76. The normalized spacial score (nSPS) is 12.2. The molecular formula is C19H22O4S. The van der Waals surface area contributed by atoms with Gasteiger partial charge in [-0.25, -0.2) is 0 Å². The molecule has 5 heteroatoms. The van der Waals surface area contributed by atoms with Gasteiger partial charge in [-0.15, -0.1) is 11.8 Å². The van der Waals surface area contributed by atoms with E-state index >= 15 is 0 Å². The van der Waals surface area contributed by atoms with E-state index in [2.05, 4.69) is 0 Å². The number of thioether (sulfide) groups is 1. The maximum absolute atomic E-state index is 12.8. The third-order valence-electron chi connectivity index (χ3n) is 3.51. The lowest BCUT2D eigenvalue weighted by atomic mass is 10.0. The van der Waals surface area contributed by atoms with Gasteiger partial charge in [0.1, 0.15) is 17.2 Å². The summed E-state index contributed by atoms with van der Waals surface area (Å²) in [4.78, 5) is 13.4. The van der Waals surface area contributed by atoms with Gasteiger partial charge >= 0.3 is 0 Å². The summed E-state index contributed by atoms with van der Waals surface area (Å²) in [6.07, 6.45) is 0. The summed E-state index contributed by atoms with van der Waals surface area (Å²) in [5, 5.41) is 19.1. The van der Waals surface area contributed by atoms with Crippen LogP contribution in [0.2, 0.25) is 0 Å². The van der Waals surface area contributed by atoms with E-state index in [9.17, 15) is 15.0 Å². The molecule has 1 atom stereocenters. The van der Waals surface area contributed by atoms with Gasteiger partial charge in [0.2, 0.25) is 0 Å². The summed E-state index contributed by atoms with van der Waals surface area (Å²) in [7, 11) is 0. The standard InChI is InChI=1S/C19H22O4S/c1-4-23-15-9-10-16(21)17(11-15)24-19(12(2)3)18(22)13-5-7-14(20)8-6-13/h5-12,19-21H,4H2,1-3H3. The molecule has 2 aromatic carbocycles. The molecule has 128 valence electrons. The molecule has 24 heavy (non-hydrogen) atoms. The van der Waals surface area contributed by atoms with Crippen molar-refractivity contribution in [2.45, 2.75) is 30.9 Å². The second-order valence-corrected chi connectivity index (χ2v) is 6.94. The Morgan fingerprint density at radius 1 is 1.12 bits per heavy atom. The SMILES string of the molecule is CCOc1ccc(O)c(SC(C(=O)c2ccc(O)cc2)C(C)C)c1. The summed E-state index contributed by atoms with van der Waals surface area (Å²) in [6, 6.07) is 11.3. The van der Waals surface area contributed by atoms with Gasteiger partial charge < -0.3 is 14.9 Å². The van der Waals surface area contributed by atoms with Crippen LogP contribution in [0.5, 0.6) is 17.2 Å². The van der Waals surface area contributed by atoms with Gasteiger partial charge in [-0.3, -0.25) is 4.79 Å². The maximum Gasteiger partial charge on any atom is 0.176 e. The number of carbonyl (C=O) groups excluding carboxylic acids is 1. The Balaban J connectivity index is 2.27. The van der Waals surface area contributed by atoms with Gasteiger partial charge in [0.15, 0.2) is 5.78 Å². The number of Topliss-reactive ketones (excluding diaryl/α,β-unsaturated/α-hetero) is 1. The van der Waals surface area contributed by atoms with Crippen molar-refractivity contribution >= 4 is 17.5 Å². The Labute approximate surface area is 146 Å². The fourth-order valence-electron chi connectivity index (χ4n) is 2.26. The van der Waals surface area contributed by atoms with E-state index in [1.807, 2.05) is 20.8 Å². The average Bonchev–Trinajstić information content (AvgIpc) is 2.55. The third kappa shape index (κ3) is 4.45. The molecule has 0 fully saturated rings. The molecule has 2 N–H and O–H groups in total. The topological polar surface area (TPSA) is 66.8 Å². The van der Waals surface area contributed by atoms with E-state index in [0.29, 0.717) is 22.8 Å². The van der Waals surface area contributed by atoms with Crippen molar-refractivity contribution in [1.29, 1.82) is 0 Å². The van der Waals surface area contributed by atoms with Crippen molar-refractivity contribution in [3.8, 4) is 17.2 Å². The fraction of sp³-hybridized carbons (Fsp3) is 0.316. The Morgan fingerprint density at radius 3 is 2.38 bits per heavy atom. The largest absolute Gasteiger partial charge is 0.508 e. The van der Waals surface area contributed by atoms with Gasteiger partial charge in [0.25, 0.3) is 0 Å². The molecule has 0 aliphatic rings. The maximum atomic E-state index is 12.8. The van der Waals surface area contributed by atoms with Crippen LogP contribution in [0.1, 0.15) is 31.1 Å². The van der Waals surface area contributed by atoms with Crippen molar-refractivity contribution in [3.63, 3.8) is 0 Å². The van der Waals surface area contributed by atoms with Gasteiger partial charge in [0, 0.05) is 5.56 Å². The highest BCUT2D eigenvalue weighted by Crippen LogP contribution is 2.38. The first-order chi connectivity index (χ1) is 11.4. The van der Waals surface area contributed by atoms with Gasteiger partial charge in [-0.2, -0.15) is 0 Å². The highest BCUT2D eigenvalue weighted by Gasteiger charge is 2.26. The lowest BCUT2D eigenvalue weighted by Crippen LogP contribution is -2.23. The number of phenolic OH excluding ortho intramolecular Hbond substituents is 2. The lowest BCUT2D eigenvalue weighted by molar-refractivity contribution is 0.0975. The monoisotopic (exact) mass is 346 g/mol. The zero-order valence-electron chi connectivity index (χ0n) is 14.0. The van der Waals surface area contributed by atoms with Crippen molar-refractivity contribution in [2.75, 3.05) is 6.61 Å². The molecule has 0 heterocycles. The highest BCUT2D eigenvalue weighted by molar-refractivity contribution is 8.00. The number of rotatable bonds is 7. The number of hydrogen-bond acceptors (Lipinski definition) is 5. The zero-order valence-corrected chi connectivity index (χ0v) is 14.8. The van der Waals surface area contributed by atoms with Crippen molar-refractivity contribution in [3.05, 3.63) is 48.0 Å². The summed E-state index contributed by atoms with van der Waals surface area (Å²) < 4.78 is 5.46. The molecule has 0 spiro atoms. The molecule has 0 saturated heterocycles. The number of phenols is 2. The number of aromatic hydroxyl groups is 2. The quantitative estimate of drug-likeness (QED) is 0.571. The number of hydrogen-bond donors (Lipinski definition) is 2. The smallest absolute Gasteiger partial charge is 0.176 e. The molecule has 4 nitrogen and oxygen atoms in total. The van der Waals surface area contributed by atoms with E-state index in [-0.39, 0.29) is 28.5 Å². The first kappa shape index (κ1) is 18.2.